The van der Waals surface area contributed by atoms with Crippen LogP contribution in [0.1, 0.15) is 19.3 Å². The number of esters is 2. The van der Waals surface area contributed by atoms with Gasteiger partial charge in [0.2, 0.25) is 0 Å². The minimum absolute atomic E-state index is 0.0320. The van der Waals surface area contributed by atoms with E-state index in [2.05, 4.69) is 19.6 Å². The third-order valence-corrected chi connectivity index (χ3v) is 9.43. The maximum atomic E-state index is 12.6. The Balaban J connectivity index is 2.03. The van der Waals surface area contributed by atoms with Crippen molar-refractivity contribution < 1.29 is 24.2 Å². The number of carbonyl (C=O) groups excluding carboxylic acids is 2. The summed E-state index contributed by atoms with van der Waals surface area (Å²) < 4.78 is 10.3. The second-order valence-corrected chi connectivity index (χ2v) is 13.4. The van der Waals surface area contributed by atoms with Gasteiger partial charge in [0.25, 0.3) is 0 Å². The van der Waals surface area contributed by atoms with Crippen LogP contribution in [0.2, 0.25) is 19.6 Å². The third kappa shape index (κ3) is 1.78. The van der Waals surface area contributed by atoms with Gasteiger partial charge in [-0.25, -0.2) is 0 Å². The lowest BCUT2D eigenvalue weighted by molar-refractivity contribution is -0.158. The van der Waals surface area contributed by atoms with Gasteiger partial charge in [0.05, 0.1) is 38.3 Å². The molecule has 0 amide bonds. The summed E-state index contributed by atoms with van der Waals surface area (Å²) in [6.45, 7) is 6.68. The van der Waals surface area contributed by atoms with Crippen LogP contribution >= 0.6 is 0 Å². The molecule has 1 aliphatic heterocycles. The number of hydrogen-bond donors (Lipinski definition) is 1. The minimum Gasteiger partial charge on any atom is -0.469 e. The van der Waals surface area contributed by atoms with Gasteiger partial charge in [-0.2, -0.15) is 0 Å². The molecule has 1 heterocycles. The van der Waals surface area contributed by atoms with Gasteiger partial charge < -0.3 is 14.6 Å². The molecule has 21 heavy (non-hydrogen) atoms. The van der Waals surface area contributed by atoms with E-state index < -0.39 is 18.7 Å². The van der Waals surface area contributed by atoms with Crippen molar-refractivity contribution >= 4 is 20.0 Å². The van der Waals surface area contributed by atoms with Crippen LogP contribution in [0.15, 0.2) is 0 Å². The molecule has 0 radical (unpaired) electrons. The number of aliphatic hydroxyl groups is 1. The van der Waals surface area contributed by atoms with Crippen LogP contribution in [0.25, 0.3) is 0 Å². The number of rotatable bonds is 2. The fourth-order valence-corrected chi connectivity index (χ4v) is 6.48. The van der Waals surface area contributed by atoms with Crippen LogP contribution in [0.4, 0.5) is 0 Å². The first-order chi connectivity index (χ1) is 9.65. The van der Waals surface area contributed by atoms with Gasteiger partial charge in [-0.1, -0.05) is 19.6 Å². The molecule has 0 bridgehead atoms. The van der Waals surface area contributed by atoms with Gasteiger partial charge in [0, 0.05) is 5.92 Å². The predicted octanol–water partition coefficient (Wildman–Crippen LogP) is 1.36. The molecule has 2 aliphatic carbocycles. The van der Waals surface area contributed by atoms with Crippen molar-refractivity contribution in [3.8, 4) is 0 Å². The Bertz CT molecular complexity index is 499. The molecule has 0 unspecified atom stereocenters. The van der Waals surface area contributed by atoms with E-state index in [1.54, 1.807) is 0 Å². The van der Waals surface area contributed by atoms with Gasteiger partial charge in [-0.05, 0) is 25.2 Å². The number of methoxy groups -OCH3 is 1. The lowest BCUT2D eigenvalue weighted by atomic mass is 9.73. The number of ether oxygens (including phenoxy) is 2. The van der Waals surface area contributed by atoms with E-state index in [0.29, 0.717) is 19.3 Å². The van der Waals surface area contributed by atoms with E-state index in [9.17, 15) is 14.7 Å². The quantitative estimate of drug-likeness (QED) is 0.615. The van der Waals surface area contributed by atoms with Gasteiger partial charge in [0.15, 0.2) is 0 Å². The molecule has 6 heteroatoms. The highest BCUT2D eigenvalue weighted by atomic mass is 28.3. The van der Waals surface area contributed by atoms with E-state index in [1.165, 1.54) is 7.11 Å². The first-order valence-electron chi connectivity index (χ1n) is 7.63. The lowest BCUT2D eigenvalue weighted by Crippen LogP contribution is -2.52. The summed E-state index contributed by atoms with van der Waals surface area (Å²) in [5.41, 5.74) is -0.736. The van der Waals surface area contributed by atoms with Gasteiger partial charge >= 0.3 is 11.9 Å². The Kier molecular flexibility index (Phi) is 3.09. The minimum atomic E-state index is -1.86. The average molecular weight is 312 g/mol. The zero-order chi connectivity index (χ0) is 15.6. The molecule has 1 N–H and O–H groups in total. The molecule has 1 saturated heterocycles. The maximum Gasteiger partial charge on any atom is 0.312 e. The van der Waals surface area contributed by atoms with Gasteiger partial charge in [-0.15, -0.1) is 0 Å². The first kappa shape index (κ1) is 15.0. The zero-order valence-corrected chi connectivity index (χ0v) is 14.1. The van der Waals surface area contributed by atoms with E-state index in [-0.39, 0.29) is 36.3 Å². The highest BCUT2D eigenvalue weighted by Gasteiger charge is 2.72. The van der Waals surface area contributed by atoms with Crippen molar-refractivity contribution in [2.45, 2.75) is 44.1 Å². The highest BCUT2D eigenvalue weighted by molar-refractivity contribution is 6.79. The number of carbonyl (C=O) groups is 2. The number of cyclic esters (lactones) is 1. The standard InChI is InChI=1S/C15H24O5Si/c1-19-13(17)15-8-14(18,21(2,3)4)6-9(15)5-10-11(15)7-20-12(10)16/h9-11,18H,5-8H2,1-4H3/t9-,10+,11+,14-,15-/m1/s1. The summed E-state index contributed by atoms with van der Waals surface area (Å²) in [4.78, 5) is 24.5. The second kappa shape index (κ2) is 4.32. The molecule has 3 fully saturated rings. The molecule has 118 valence electrons. The van der Waals surface area contributed by atoms with E-state index in [0.717, 1.165) is 0 Å². The summed E-state index contributed by atoms with van der Waals surface area (Å²) in [5.74, 6) is -0.751. The lowest BCUT2D eigenvalue weighted by Gasteiger charge is -2.38. The Hall–Kier alpha value is -0.883. The Morgan fingerprint density at radius 1 is 1.43 bits per heavy atom. The van der Waals surface area contributed by atoms with Crippen LogP contribution < -0.4 is 0 Å². The van der Waals surface area contributed by atoms with Crippen LogP contribution in [-0.2, 0) is 19.1 Å². The fraction of sp³-hybridized carbons (Fsp3) is 0.867. The topological polar surface area (TPSA) is 72.8 Å². The van der Waals surface area contributed by atoms with Crippen molar-refractivity contribution in [2.75, 3.05) is 13.7 Å². The Morgan fingerprint density at radius 2 is 2.10 bits per heavy atom. The summed E-state index contributed by atoms with van der Waals surface area (Å²) in [5, 5.41) is 10.4. The summed E-state index contributed by atoms with van der Waals surface area (Å²) in [7, 11) is -0.465. The Morgan fingerprint density at radius 3 is 2.67 bits per heavy atom. The van der Waals surface area contributed by atoms with E-state index >= 15 is 0 Å². The molecule has 2 saturated carbocycles. The van der Waals surface area contributed by atoms with Crippen LogP contribution in [0, 0.1) is 23.2 Å². The predicted molar refractivity (Wildman–Crippen MR) is 78.0 cm³/mol. The molecule has 3 rings (SSSR count). The van der Waals surface area contributed by atoms with Crippen molar-refractivity contribution in [3.63, 3.8) is 0 Å². The number of fused-ring (bicyclic) bond motifs is 3. The van der Waals surface area contributed by atoms with Crippen molar-refractivity contribution in [2.24, 2.45) is 23.2 Å². The van der Waals surface area contributed by atoms with E-state index in [4.69, 9.17) is 9.47 Å². The van der Waals surface area contributed by atoms with Gasteiger partial charge in [0.1, 0.15) is 0 Å². The molecule has 3 aliphatic rings. The van der Waals surface area contributed by atoms with Crippen LogP contribution in [0.5, 0.6) is 0 Å². The SMILES string of the molecule is COC(=O)[C@]12C[C@](O)([Si](C)(C)C)C[C@H]1C[C@@H]1C(=O)OC[C@@H]12. The second-order valence-electron chi connectivity index (χ2n) is 7.97. The molecular formula is C15H24O5Si. The first-order valence-corrected chi connectivity index (χ1v) is 11.1. The van der Waals surface area contributed by atoms with E-state index in [1.807, 2.05) is 0 Å². The van der Waals surface area contributed by atoms with Crippen LogP contribution in [-0.4, -0.2) is 44.1 Å². The molecule has 5 nitrogen and oxygen atoms in total. The molecular weight excluding hydrogens is 288 g/mol. The van der Waals surface area contributed by atoms with Crippen LogP contribution in [0.3, 0.4) is 0 Å². The molecule has 0 aromatic carbocycles. The zero-order valence-electron chi connectivity index (χ0n) is 13.1. The third-order valence-electron chi connectivity index (χ3n) is 6.25. The van der Waals surface area contributed by atoms with Crippen molar-refractivity contribution in [1.82, 2.24) is 0 Å². The smallest absolute Gasteiger partial charge is 0.312 e. The average Bonchev–Trinajstić information content (AvgIpc) is 2.97. The highest BCUT2D eigenvalue weighted by Crippen LogP contribution is 2.65. The normalized spacial score (nSPS) is 45.2. The maximum absolute atomic E-state index is 12.6. The summed E-state index contributed by atoms with van der Waals surface area (Å²) in [6, 6.07) is 0. The monoisotopic (exact) mass is 312 g/mol. The molecule has 0 aromatic rings. The number of hydrogen-bond acceptors (Lipinski definition) is 5. The van der Waals surface area contributed by atoms with Crippen molar-refractivity contribution in [1.29, 1.82) is 0 Å². The van der Waals surface area contributed by atoms with Gasteiger partial charge in [-0.3, -0.25) is 9.59 Å². The summed E-state index contributed by atoms with van der Waals surface area (Å²) >= 11 is 0. The Labute approximate surface area is 126 Å². The molecule has 0 spiro atoms. The largest absolute Gasteiger partial charge is 0.469 e. The molecule has 0 aromatic heterocycles. The molecule has 5 atom stereocenters. The van der Waals surface area contributed by atoms with Crippen molar-refractivity contribution in [3.05, 3.63) is 0 Å². The fourth-order valence-electron chi connectivity index (χ4n) is 4.80. The summed E-state index contributed by atoms with van der Waals surface area (Å²) in [6.07, 6.45) is 1.67.